The number of halogens is 5. The van der Waals surface area contributed by atoms with Crippen LogP contribution in [0.15, 0.2) is 24.7 Å². The van der Waals surface area contributed by atoms with E-state index in [0.29, 0.717) is 0 Å². The zero-order chi connectivity index (χ0) is 28.0. The Labute approximate surface area is 213 Å². The lowest BCUT2D eigenvalue weighted by atomic mass is 9.94. The number of aromatic nitrogens is 4. The maximum atomic E-state index is 14.7. The van der Waals surface area contributed by atoms with Crippen molar-refractivity contribution >= 4 is 23.1 Å². The number of anilines is 1. The zero-order valence-corrected chi connectivity index (χ0v) is 20.5. The third-order valence-corrected chi connectivity index (χ3v) is 6.24. The van der Waals surface area contributed by atoms with Crippen LogP contribution in [-0.2, 0) is 11.0 Å². The van der Waals surface area contributed by atoms with Gasteiger partial charge in [0.2, 0.25) is 11.8 Å². The topological polar surface area (TPSA) is 128 Å². The maximum absolute atomic E-state index is 14.7. The van der Waals surface area contributed by atoms with Crippen LogP contribution < -0.4 is 15.8 Å². The molecule has 1 aliphatic rings. The number of nitrogen functional groups attached to an aromatic ring is 1. The van der Waals surface area contributed by atoms with E-state index in [-0.39, 0.29) is 35.8 Å². The molecule has 3 aromatic heterocycles. The van der Waals surface area contributed by atoms with Crippen LogP contribution in [0.2, 0.25) is 0 Å². The second kappa shape index (κ2) is 9.68. The summed E-state index contributed by atoms with van der Waals surface area (Å²) in [5.41, 5.74) is 2.57. The van der Waals surface area contributed by atoms with E-state index in [9.17, 15) is 31.5 Å². The van der Waals surface area contributed by atoms with Gasteiger partial charge in [-0.25, -0.2) is 23.3 Å². The van der Waals surface area contributed by atoms with Gasteiger partial charge in [-0.05, 0) is 26.0 Å². The number of pyridine rings is 1. The summed E-state index contributed by atoms with van der Waals surface area (Å²) in [5.74, 6) is -2.00. The molecule has 1 fully saturated rings. The lowest BCUT2D eigenvalue weighted by Gasteiger charge is -2.26. The van der Waals surface area contributed by atoms with Gasteiger partial charge in [0, 0.05) is 18.3 Å². The van der Waals surface area contributed by atoms with Crippen molar-refractivity contribution in [1.29, 1.82) is 0 Å². The number of hydrogen-bond acceptors (Lipinski definition) is 7. The molecule has 0 saturated carbocycles. The van der Waals surface area contributed by atoms with Gasteiger partial charge in [-0.2, -0.15) is 18.3 Å². The number of carbonyl (C=O) groups excluding carboxylic acids is 2. The van der Waals surface area contributed by atoms with Crippen molar-refractivity contribution in [3.8, 4) is 17.1 Å². The fourth-order valence-corrected chi connectivity index (χ4v) is 4.20. The summed E-state index contributed by atoms with van der Waals surface area (Å²) in [5, 5.41) is 6.34. The Morgan fingerprint density at radius 1 is 1.21 bits per heavy atom. The summed E-state index contributed by atoms with van der Waals surface area (Å²) in [6.07, 6.45) is -4.25. The third-order valence-electron chi connectivity index (χ3n) is 6.24. The number of ether oxygens (including phenoxy) is 1. The minimum absolute atomic E-state index is 0.0595. The second-order valence-corrected chi connectivity index (χ2v) is 9.45. The quantitative estimate of drug-likeness (QED) is 0.460. The Bertz CT molecular complexity index is 1390. The molecule has 3 aromatic rings. The number of alkyl halides is 5. The zero-order valence-electron chi connectivity index (χ0n) is 20.5. The van der Waals surface area contributed by atoms with Gasteiger partial charge in [-0.15, -0.1) is 0 Å². The highest BCUT2D eigenvalue weighted by Gasteiger charge is 2.42. The van der Waals surface area contributed by atoms with Crippen molar-refractivity contribution in [3.05, 3.63) is 35.8 Å². The second-order valence-electron chi connectivity index (χ2n) is 9.45. The first-order valence-electron chi connectivity index (χ1n) is 11.3. The average molecular weight is 541 g/mol. The number of amides is 2. The SMILES string of the molecule is COc1ncc(-c2cc(C(F)(F)F)c3c(N)ncnn23)cc1C(=O)N[C@@H]1CN(C(=O)C(C)(C)CF)C[C@@H]1F. The molecule has 1 aliphatic heterocycles. The molecule has 0 radical (unpaired) electrons. The van der Waals surface area contributed by atoms with E-state index in [2.05, 4.69) is 20.4 Å². The largest absolute Gasteiger partial charge is 0.480 e. The van der Waals surface area contributed by atoms with Crippen molar-refractivity contribution in [2.24, 2.45) is 5.41 Å². The van der Waals surface area contributed by atoms with Gasteiger partial charge in [0.25, 0.3) is 5.91 Å². The molecule has 2 amide bonds. The summed E-state index contributed by atoms with van der Waals surface area (Å²) in [6, 6.07) is 0.906. The molecule has 0 bridgehead atoms. The van der Waals surface area contributed by atoms with Crippen molar-refractivity contribution in [1.82, 2.24) is 29.8 Å². The van der Waals surface area contributed by atoms with Gasteiger partial charge < -0.3 is 20.7 Å². The van der Waals surface area contributed by atoms with Crippen LogP contribution in [-0.4, -0.2) is 75.4 Å². The van der Waals surface area contributed by atoms with Crippen molar-refractivity contribution in [3.63, 3.8) is 0 Å². The number of nitrogens with one attached hydrogen (secondary N) is 1. The highest BCUT2D eigenvalue weighted by Crippen LogP contribution is 2.39. The van der Waals surface area contributed by atoms with Crippen LogP contribution in [0.4, 0.5) is 27.8 Å². The number of likely N-dealkylation sites (tertiary alicyclic amines) is 1. The Morgan fingerprint density at radius 2 is 1.92 bits per heavy atom. The van der Waals surface area contributed by atoms with Crippen LogP contribution in [0.3, 0.4) is 0 Å². The standard InChI is InChI=1S/C23H24F5N7O3/c1-22(2,9-24)21(37)34-7-14(25)15(8-34)33-19(36)12-4-11(6-30-20(12)38-3)16-5-13(23(26,27)28)17-18(29)31-10-32-35(16)17/h4-6,10,14-15H,7-9H2,1-3H3,(H,33,36)(H2,29,31,32)/t14-,15+/m0/s1. The highest BCUT2D eigenvalue weighted by molar-refractivity contribution is 5.98. The molecular formula is C23H24F5N7O3. The van der Waals surface area contributed by atoms with E-state index in [0.717, 1.165) is 21.8 Å². The third kappa shape index (κ3) is 4.79. The molecule has 3 N–H and O–H groups in total. The molecule has 0 aromatic carbocycles. The predicted molar refractivity (Wildman–Crippen MR) is 125 cm³/mol. The maximum Gasteiger partial charge on any atom is 0.418 e. The summed E-state index contributed by atoms with van der Waals surface area (Å²) >= 11 is 0. The first-order chi connectivity index (χ1) is 17.8. The summed E-state index contributed by atoms with van der Waals surface area (Å²) in [6.45, 7) is 1.32. The molecule has 4 rings (SSSR count). The Hall–Kier alpha value is -4.04. The number of rotatable bonds is 6. The molecule has 15 heteroatoms. The Balaban J connectivity index is 1.67. The number of fused-ring (bicyclic) bond motifs is 1. The number of nitrogens with two attached hydrogens (primary N) is 1. The Kier molecular flexibility index (Phi) is 6.88. The molecule has 2 atom stereocenters. The molecule has 0 aliphatic carbocycles. The minimum Gasteiger partial charge on any atom is -0.480 e. The molecule has 4 heterocycles. The van der Waals surface area contributed by atoms with Gasteiger partial charge >= 0.3 is 6.18 Å². The summed E-state index contributed by atoms with van der Waals surface area (Å²) in [7, 11) is 1.23. The van der Waals surface area contributed by atoms with Gasteiger partial charge in [0.05, 0.1) is 36.4 Å². The molecule has 1 saturated heterocycles. The van der Waals surface area contributed by atoms with Gasteiger partial charge in [-0.1, -0.05) is 0 Å². The smallest absolute Gasteiger partial charge is 0.418 e. The first-order valence-corrected chi connectivity index (χ1v) is 11.3. The van der Waals surface area contributed by atoms with Crippen molar-refractivity contribution < 1.29 is 36.3 Å². The number of nitrogens with zero attached hydrogens (tertiary/aromatic N) is 5. The van der Waals surface area contributed by atoms with E-state index in [4.69, 9.17) is 10.5 Å². The number of hydrogen-bond donors (Lipinski definition) is 2. The van der Waals surface area contributed by atoms with E-state index < -0.39 is 59.2 Å². The Morgan fingerprint density at radius 3 is 2.55 bits per heavy atom. The number of methoxy groups -OCH3 is 1. The van der Waals surface area contributed by atoms with E-state index >= 15 is 0 Å². The lowest BCUT2D eigenvalue weighted by Crippen LogP contribution is -2.44. The lowest BCUT2D eigenvalue weighted by molar-refractivity contribution is -0.140. The normalized spacial score (nSPS) is 18.2. The van der Waals surface area contributed by atoms with Crippen LogP contribution in [0.25, 0.3) is 16.8 Å². The van der Waals surface area contributed by atoms with Crippen molar-refractivity contribution in [2.75, 3.05) is 32.6 Å². The molecule has 0 spiro atoms. The fourth-order valence-electron chi connectivity index (χ4n) is 4.20. The van der Waals surface area contributed by atoms with Gasteiger partial charge in [0.15, 0.2) is 5.82 Å². The first kappa shape index (κ1) is 27.0. The van der Waals surface area contributed by atoms with Crippen molar-refractivity contribution in [2.45, 2.75) is 32.2 Å². The molecule has 38 heavy (non-hydrogen) atoms. The predicted octanol–water partition coefficient (Wildman–Crippen LogP) is 2.68. The van der Waals surface area contributed by atoms with Crippen LogP contribution in [0.1, 0.15) is 29.8 Å². The van der Waals surface area contributed by atoms with E-state index in [1.807, 2.05) is 0 Å². The molecule has 0 unspecified atom stereocenters. The molecule has 10 nitrogen and oxygen atoms in total. The minimum atomic E-state index is -4.78. The van der Waals surface area contributed by atoms with Gasteiger partial charge in [0.1, 0.15) is 30.3 Å². The number of carbonyl (C=O) groups is 2. The van der Waals surface area contributed by atoms with Crippen LogP contribution in [0.5, 0.6) is 5.88 Å². The highest BCUT2D eigenvalue weighted by atomic mass is 19.4. The molecule has 204 valence electrons. The van der Waals surface area contributed by atoms with Crippen LogP contribution in [0, 0.1) is 5.41 Å². The summed E-state index contributed by atoms with van der Waals surface area (Å²) in [4.78, 5) is 34.4. The van der Waals surface area contributed by atoms with E-state index in [1.54, 1.807) is 0 Å². The summed E-state index contributed by atoms with van der Waals surface area (Å²) < 4.78 is 75.1. The van der Waals surface area contributed by atoms with Crippen LogP contribution >= 0.6 is 0 Å². The van der Waals surface area contributed by atoms with E-state index in [1.165, 1.54) is 33.2 Å². The fraction of sp³-hybridized carbons (Fsp3) is 0.435. The molecular weight excluding hydrogens is 517 g/mol. The average Bonchev–Trinajstić information content (AvgIpc) is 3.44. The van der Waals surface area contributed by atoms with Gasteiger partial charge in [-0.3, -0.25) is 9.59 Å². The monoisotopic (exact) mass is 541 g/mol.